The summed E-state index contributed by atoms with van der Waals surface area (Å²) in [5, 5.41) is 0. The van der Waals surface area contributed by atoms with Crippen LogP contribution in [0, 0.1) is 5.82 Å². The fourth-order valence-electron chi connectivity index (χ4n) is 0.783. The molecule has 0 aliphatic carbocycles. The zero-order valence-electron chi connectivity index (χ0n) is 6.37. The fraction of sp³-hybridized carbons (Fsp3) is 0. The van der Waals surface area contributed by atoms with E-state index < -0.39 is 0 Å². The van der Waals surface area contributed by atoms with Crippen LogP contribution in [0.4, 0.5) is 4.39 Å². The summed E-state index contributed by atoms with van der Waals surface area (Å²) in [5.74, 6) is -0.205. The Morgan fingerprint density at radius 2 is 1.75 bits per heavy atom. The number of benzene rings is 1. The highest BCUT2D eigenvalue weighted by Gasteiger charge is 1.86. The largest absolute Gasteiger partial charge is 0.207 e. The van der Waals surface area contributed by atoms with Crippen LogP contribution >= 0.6 is 15.9 Å². The lowest BCUT2D eigenvalue weighted by Crippen LogP contribution is -1.73. The summed E-state index contributed by atoms with van der Waals surface area (Å²) in [5.41, 5.74) is 0.988. The first-order valence-corrected chi connectivity index (χ1v) is 4.43. The number of allylic oxidation sites excluding steroid dienone is 2. The van der Waals surface area contributed by atoms with Crippen molar-refractivity contribution in [1.82, 2.24) is 0 Å². The quantitative estimate of drug-likeness (QED) is 0.675. The predicted octanol–water partition coefficient (Wildman–Crippen LogP) is 3.75. The van der Waals surface area contributed by atoms with E-state index in [-0.39, 0.29) is 5.82 Å². The summed E-state index contributed by atoms with van der Waals surface area (Å²) < 4.78 is 12.4. The van der Waals surface area contributed by atoms with Gasteiger partial charge in [0.15, 0.2) is 0 Å². The molecule has 0 aliphatic rings. The van der Waals surface area contributed by atoms with Crippen LogP contribution < -0.4 is 0 Å². The van der Waals surface area contributed by atoms with Crippen LogP contribution in [0.5, 0.6) is 0 Å². The van der Waals surface area contributed by atoms with E-state index in [0.29, 0.717) is 0 Å². The molecule has 0 atom stereocenters. The normalized spacial score (nSPS) is 11.5. The van der Waals surface area contributed by atoms with Gasteiger partial charge in [0.1, 0.15) is 5.82 Å². The van der Waals surface area contributed by atoms with E-state index in [9.17, 15) is 4.39 Å². The Kier molecular flexibility index (Phi) is 3.74. The van der Waals surface area contributed by atoms with Gasteiger partial charge in [0.05, 0.1) is 0 Å². The van der Waals surface area contributed by atoms with Crippen molar-refractivity contribution in [3.63, 3.8) is 0 Å². The molecule has 0 aromatic heterocycles. The van der Waals surface area contributed by atoms with Gasteiger partial charge in [-0.05, 0) is 22.7 Å². The molecule has 0 bridgehead atoms. The number of hydrogen-bond donors (Lipinski definition) is 0. The molecule has 0 radical (unpaired) electrons. The SMILES string of the molecule is Fc1ccc(/C=C/C=C/Br)cc1. The summed E-state index contributed by atoms with van der Waals surface area (Å²) in [6.45, 7) is 0. The summed E-state index contributed by atoms with van der Waals surface area (Å²) in [4.78, 5) is 1.76. The van der Waals surface area contributed by atoms with Crippen molar-refractivity contribution in [2.45, 2.75) is 0 Å². The van der Waals surface area contributed by atoms with Gasteiger partial charge in [-0.1, -0.05) is 46.3 Å². The lowest BCUT2D eigenvalue weighted by molar-refractivity contribution is 0.628. The molecule has 0 unspecified atom stereocenters. The molecule has 0 saturated heterocycles. The van der Waals surface area contributed by atoms with E-state index in [1.807, 2.05) is 18.2 Å². The van der Waals surface area contributed by atoms with E-state index in [1.54, 1.807) is 17.1 Å². The van der Waals surface area contributed by atoms with Crippen LogP contribution in [0.3, 0.4) is 0 Å². The number of hydrogen-bond acceptors (Lipinski definition) is 0. The molecule has 0 amide bonds. The minimum atomic E-state index is -0.205. The first-order chi connectivity index (χ1) is 5.83. The van der Waals surface area contributed by atoms with E-state index in [2.05, 4.69) is 15.9 Å². The van der Waals surface area contributed by atoms with Gasteiger partial charge in [-0.25, -0.2) is 4.39 Å². The molecule has 1 aromatic rings. The summed E-state index contributed by atoms with van der Waals surface area (Å²) in [6, 6.07) is 6.34. The maximum absolute atomic E-state index is 12.4. The Bertz CT molecular complexity index is 285. The van der Waals surface area contributed by atoms with Gasteiger partial charge in [-0.2, -0.15) is 0 Å². The maximum atomic E-state index is 12.4. The minimum Gasteiger partial charge on any atom is -0.207 e. The lowest BCUT2D eigenvalue weighted by Gasteiger charge is -1.90. The highest BCUT2D eigenvalue weighted by atomic mass is 79.9. The molecule has 2 heteroatoms. The van der Waals surface area contributed by atoms with Gasteiger partial charge in [0.25, 0.3) is 0 Å². The highest BCUT2D eigenvalue weighted by Crippen LogP contribution is 2.04. The molecule has 0 heterocycles. The Hall–Kier alpha value is -0.890. The van der Waals surface area contributed by atoms with Crippen molar-refractivity contribution in [1.29, 1.82) is 0 Å². The molecule has 0 nitrogen and oxygen atoms in total. The van der Waals surface area contributed by atoms with Crippen molar-refractivity contribution in [3.05, 3.63) is 52.8 Å². The second-order valence-corrected chi connectivity index (χ2v) is 2.76. The lowest BCUT2D eigenvalue weighted by atomic mass is 10.2. The molecule has 1 aromatic carbocycles. The third kappa shape index (κ3) is 3.01. The van der Waals surface area contributed by atoms with Gasteiger partial charge in [-0.3, -0.25) is 0 Å². The average Bonchev–Trinajstić information content (AvgIpc) is 2.09. The molecule has 62 valence electrons. The van der Waals surface area contributed by atoms with E-state index >= 15 is 0 Å². The van der Waals surface area contributed by atoms with E-state index in [4.69, 9.17) is 0 Å². The third-order valence-corrected chi connectivity index (χ3v) is 1.65. The smallest absolute Gasteiger partial charge is 0.123 e. The standard InChI is InChI=1S/C10H8BrF/c11-8-2-1-3-9-4-6-10(12)7-5-9/h1-8H/b3-1+,8-2+. The van der Waals surface area contributed by atoms with Crippen molar-refractivity contribution in [3.8, 4) is 0 Å². The predicted molar refractivity (Wildman–Crippen MR) is 53.5 cm³/mol. The fourth-order valence-corrected chi connectivity index (χ4v) is 0.959. The Morgan fingerprint density at radius 1 is 1.08 bits per heavy atom. The molecule has 12 heavy (non-hydrogen) atoms. The second-order valence-electron chi connectivity index (χ2n) is 2.23. The zero-order chi connectivity index (χ0) is 8.81. The van der Waals surface area contributed by atoms with Crippen molar-refractivity contribution < 1.29 is 4.39 Å². The van der Waals surface area contributed by atoms with Gasteiger partial charge in [0.2, 0.25) is 0 Å². The van der Waals surface area contributed by atoms with Crippen LogP contribution in [0.2, 0.25) is 0 Å². The Morgan fingerprint density at radius 3 is 2.33 bits per heavy atom. The molecular formula is C10H8BrF. The monoisotopic (exact) mass is 226 g/mol. The van der Waals surface area contributed by atoms with Crippen LogP contribution in [-0.2, 0) is 0 Å². The minimum absolute atomic E-state index is 0.205. The van der Waals surface area contributed by atoms with Crippen molar-refractivity contribution >= 4 is 22.0 Å². The number of rotatable bonds is 2. The zero-order valence-corrected chi connectivity index (χ0v) is 7.96. The summed E-state index contributed by atoms with van der Waals surface area (Å²) in [7, 11) is 0. The van der Waals surface area contributed by atoms with Gasteiger partial charge in [0, 0.05) is 0 Å². The molecule has 1 rings (SSSR count). The first-order valence-electron chi connectivity index (χ1n) is 3.52. The first kappa shape index (κ1) is 9.20. The molecule has 0 N–H and O–H groups in total. The van der Waals surface area contributed by atoms with Crippen molar-refractivity contribution in [2.75, 3.05) is 0 Å². The van der Waals surface area contributed by atoms with Crippen LogP contribution in [0.25, 0.3) is 6.08 Å². The van der Waals surface area contributed by atoms with Crippen LogP contribution in [0.15, 0.2) is 41.4 Å². The molecular weight excluding hydrogens is 219 g/mol. The Balaban J connectivity index is 2.70. The molecule has 0 aliphatic heterocycles. The Labute approximate surface area is 79.5 Å². The third-order valence-electron chi connectivity index (χ3n) is 1.34. The number of halogens is 2. The van der Waals surface area contributed by atoms with Crippen LogP contribution in [-0.4, -0.2) is 0 Å². The van der Waals surface area contributed by atoms with Crippen LogP contribution in [0.1, 0.15) is 5.56 Å². The average molecular weight is 227 g/mol. The van der Waals surface area contributed by atoms with Gasteiger partial charge < -0.3 is 0 Å². The summed E-state index contributed by atoms with van der Waals surface area (Å²) in [6.07, 6.45) is 5.63. The van der Waals surface area contributed by atoms with E-state index in [0.717, 1.165) is 5.56 Å². The van der Waals surface area contributed by atoms with E-state index in [1.165, 1.54) is 12.1 Å². The van der Waals surface area contributed by atoms with Gasteiger partial charge >= 0.3 is 0 Å². The second kappa shape index (κ2) is 4.88. The van der Waals surface area contributed by atoms with Gasteiger partial charge in [-0.15, -0.1) is 0 Å². The summed E-state index contributed by atoms with van der Waals surface area (Å²) >= 11 is 3.14. The highest BCUT2D eigenvalue weighted by molar-refractivity contribution is 9.11. The van der Waals surface area contributed by atoms with Crippen molar-refractivity contribution in [2.24, 2.45) is 0 Å². The molecule has 0 saturated carbocycles. The molecule has 0 fully saturated rings. The topological polar surface area (TPSA) is 0 Å². The molecule has 0 spiro atoms. The maximum Gasteiger partial charge on any atom is 0.123 e.